The molecule has 5 nitrogen and oxygen atoms in total. The Bertz CT molecular complexity index is 423. The number of hydrogen-bond acceptors (Lipinski definition) is 3. The number of nitrogen functional groups attached to an aromatic ring is 1. The van der Waals surface area contributed by atoms with Crippen molar-refractivity contribution < 1.29 is 4.79 Å². The fourth-order valence-corrected chi connectivity index (χ4v) is 1.93. The van der Waals surface area contributed by atoms with E-state index in [0.717, 1.165) is 13.0 Å². The maximum atomic E-state index is 12.2. The Morgan fingerprint density at radius 3 is 2.58 bits per heavy atom. The van der Waals surface area contributed by atoms with Gasteiger partial charge in [0.1, 0.15) is 5.69 Å². The summed E-state index contributed by atoms with van der Waals surface area (Å²) in [6, 6.07) is 2.09. The minimum absolute atomic E-state index is 0.0587. The second-order valence-corrected chi connectivity index (χ2v) is 5.63. The molecular weight excluding hydrogens is 240 g/mol. The van der Waals surface area contributed by atoms with E-state index in [1.165, 1.54) is 0 Å². The van der Waals surface area contributed by atoms with Gasteiger partial charge >= 0.3 is 0 Å². The van der Waals surface area contributed by atoms with Crippen LogP contribution in [-0.4, -0.2) is 42.1 Å². The zero-order valence-corrected chi connectivity index (χ0v) is 12.6. The maximum absolute atomic E-state index is 12.2. The molecule has 0 aliphatic heterocycles. The van der Waals surface area contributed by atoms with E-state index in [0.29, 0.717) is 11.4 Å². The summed E-state index contributed by atoms with van der Waals surface area (Å²) in [5.41, 5.74) is 7.03. The minimum atomic E-state index is -0.0587. The molecule has 3 N–H and O–H groups in total. The zero-order valence-electron chi connectivity index (χ0n) is 12.6. The van der Waals surface area contributed by atoms with Crippen LogP contribution in [0.5, 0.6) is 0 Å². The predicted molar refractivity (Wildman–Crippen MR) is 79.3 cm³/mol. The highest BCUT2D eigenvalue weighted by molar-refractivity contribution is 5.94. The lowest BCUT2D eigenvalue weighted by molar-refractivity contribution is 0.0926. The van der Waals surface area contributed by atoms with Crippen LogP contribution in [0.15, 0.2) is 12.3 Å². The number of carbonyl (C=O) groups excluding carboxylic acids is 1. The highest BCUT2D eigenvalue weighted by Crippen LogP contribution is 2.16. The van der Waals surface area contributed by atoms with E-state index in [9.17, 15) is 4.79 Å². The number of nitrogens with zero attached hydrogens (tertiary/aromatic N) is 2. The molecule has 1 aromatic rings. The SMILES string of the molecule is CC(CCN(C)C)NC(=O)c1cc(N)cn1C(C)C. The molecule has 0 aliphatic rings. The smallest absolute Gasteiger partial charge is 0.268 e. The summed E-state index contributed by atoms with van der Waals surface area (Å²) in [5.74, 6) is -0.0587. The van der Waals surface area contributed by atoms with Crippen LogP contribution in [0.4, 0.5) is 5.69 Å². The maximum Gasteiger partial charge on any atom is 0.268 e. The molecule has 0 saturated carbocycles. The van der Waals surface area contributed by atoms with Crippen molar-refractivity contribution in [3.63, 3.8) is 0 Å². The molecule has 0 spiro atoms. The molecule has 1 aromatic heterocycles. The van der Waals surface area contributed by atoms with Gasteiger partial charge < -0.3 is 20.5 Å². The molecule has 0 aliphatic carbocycles. The van der Waals surface area contributed by atoms with Crippen LogP contribution >= 0.6 is 0 Å². The lowest BCUT2D eigenvalue weighted by atomic mass is 10.2. The Labute approximate surface area is 115 Å². The Kier molecular flexibility index (Phi) is 5.42. The monoisotopic (exact) mass is 266 g/mol. The van der Waals surface area contributed by atoms with Crippen molar-refractivity contribution in [1.29, 1.82) is 0 Å². The molecule has 1 rings (SSSR count). The quantitative estimate of drug-likeness (QED) is 0.824. The van der Waals surface area contributed by atoms with Gasteiger partial charge in [-0.3, -0.25) is 4.79 Å². The Hall–Kier alpha value is -1.49. The molecule has 0 radical (unpaired) electrons. The van der Waals surface area contributed by atoms with Gasteiger partial charge in [0.05, 0.1) is 5.69 Å². The van der Waals surface area contributed by atoms with Crippen LogP contribution in [0.3, 0.4) is 0 Å². The molecule has 0 saturated heterocycles. The van der Waals surface area contributed by atoms with Gasteiger partial charge in [-0.15, -0.1) is 0 Å². The van der Waals surface area contributed by atoms with E-state index in [4.69, 9.17) is 5.73 Å². The molecular formula is C14H26N4O. The van der Waals surface area contributed by atoms with E-state index in [2.05, 4.69) is 10.2 Å². The average Bonchev–Trinajstić information content (AvgIpc) is 2.69. The first-order valence-corrected chi connectivity index (χ1v) is 6.74. The fraction of sp³-hybridized carbons (Fsp3) is 0.643. The fourth-order valence-electron chi connectivity index (χ4n) is 1.93. The summed E-state index contributed by atoms with van der Waals surface area (Å²) >= 11 is 0. The van der Waals surface area contributed by atoms with Crippen LogP contribution < -0.4 is 11.1 Å². The molecule has 1 amide bonds. The van der Waals surface area contributed by atoms with Crippen molar-refractivity contribution in [2.24, 2.45) is 0 Å². The normalized spacial score (nSPS) is 13.0. The number of hydrogen-bond donors (Lipinski definition) is 2. The first-order valence-electron chi connectivity index (χ1n) is 6.74. The van der Waals surface area contributed by atoms with E-state index in [1.807, 2.05) is 45.6 Å². The zero-order chi connectivity index (χ0) is 14.6. The third-order valence-electron chi connectivity index (χ3n) is 3.05. The number of anilines is 1. The predicted octanol–water partition coefficient (Wildman–Crippen LogP) is 1.72. The van der Waals surface area contributed by atoms with Gasteiger partial charge in [0.15, 0.2) is 0 Å². The van der Waals surface area contributed by atoms with Gasteiger partial charge in [0.2, 0.25) is 0 Å². The summed E-state index contributed by atoms with van der Waals surface area (Å²) in [4.78, 5) is 14.3. The molecule has 0 fully saturated rings. The lowest BCUT2D eigenvalue weighted by Gasteiger charge is -2.18. The number of nitrogens with two attached hydrogens (primary N) is 1. The van der Waals surface area contributed by atoms with E-state index in [1.54, 1.807) is 6.07 Å². The summed E-state index contributed by atoms with van der Waals surface area (Å²) in [5, 5.41) is 3.02. The van der Waals surface area contributed by atoms with E-state index in [-0.39, 0.29) is 18.0 Å². The lowest BCUT2D eigenvalue weighted by Crippen LogP contribution is -2.36. The van der Waals surface area contributed by atoms with Gasteiger partial charge in [-0.1, -0.05) is 0 Å². The summed E-state index contributed by atoms with van der Waals surface area (Å²) in [7, 11) is 4.05. The molecule has 108 valence electrons. The number of rotatable bonds is 6. The average molecular weight is 266 g/mol. The van der Waals surface area contributed by atoms with Crippen molar-refractivity contribution in [3.8, 4) is 0 Å². The van der Waals surface area contributed by atoms with Gasteiger partial charge in [0.25, 0.3) is 5.91 Å². The van der Waals surface area contributed by atoms with Gasteiger partial charge in [-0.25, -0.2) is 0 Å². The first-order chi connectivity index (χ1) is 8.81. The number of carbonyl (C=O) groups is 1. The second-order valence-electron chi connectivity index (χ2n) is 5.63. The van der Waals surface area contributed by atoms with Gasteiger partial charge in [-0.05, 0) is 53.9 Å². The van der Waals surface area contributed by atoms with Crippen LogP contribution in [0.1, 0.15) is 43.7 Å². The van der Waals surface area contributed by atoms with Gasteiger partial charge in [-0.2, -0.15) is 0 Å². The van der Waals surface area contributed by atoms with Crippen LogP contribution in [0.25, 0.3) is 0 Å². The van der Waals surface area contributed by atoms with E-state index < -0.39 is 0 Å². The standard InChI is InChI=1S/C14H26N4O/c1-10(2)18-9-12(15)8-13(18)14(19)16-11(3)6-7-17(4)5/h8-11H,6-7,15H2,1-5H3,(H,16,19). The van der Waals surface area contributed by atoms with Crippen LogP contribution in [0.2, 0.25) is 0 Å². The second kappa shape index (κ2) is 6.61. The van der Waals surface area contributed by atoms with Crippen molar-refractivity contribution >= 4 is 11.6 Å². The number of nitrogens with one attached hydrogen (secondary N) is 1. The van der Waals surface area contributed by atoms with Crippen molar-refractivity contribution in [1.82, 2.24) is 14.8 Å². The molecule has 5 heteroatoms. The van der Waals surface area contributed by atoms with E-state index >= 15 is 0 Å². The van der Waals surface area contributed by atoms with Crippen molar-refractivity contribution in [3.05, 3.63) is 18.0 Å². The highest BCUT2D eigenvalue weighted by Gasteiger charge is 2.16. The molecule has 1 heterocycles. The van der Waals surface area contributed by atoms with Crippen LogP contribution in [-0.2, 0) is 0 Å². The Morgan fingerprint density at radius 1 is 1.42 bits per heavy atom. The molecule has 0 bridgehead atoms. The summed E-state index contributed by atoms with van der Waals surface area (Å²) in [6.07, 6.45) is 2.74. The van der Waals surface area contributed by atoms with Crippen LogP contribution in [0, 0.1) is 0 Å². The summed E-state index contributed by atoms with van der Waals surface area (Å²) in [6.45, 7) is 7.04. The molecule has 1 atom stereocenters. The summed E-state index contributed by atoms with van der Waals surface area (Å²) < 4.78 is 1.91. The first kappa shape index (κ1) is 15.6. The topological polar surface area (TPSA) is 63.3 Å². The molecule has 0 aromatic carbocycles. The highest BCUT2D eigenvalue weighted by atomic mass is 16.2. The van der Waals surface area contributed by atoms with Crippen molar-refractivity contribution in [2.45, 2.75) is 39.3 Å². The Balaban J connectivity index is 2.67. The molecule has 19 heavy (non-hydrogen) atoms. The Morgan fingerprint density at radius 2 is 2.05 bits per heavy atom. The number of amides is 1. The third-order valence-corrected chi connectivity index (χ3v) is 3.05. The molecule has 1 unspecified atom stereocenters. The third kappa shape index (κ3) is 4.59. The van der Waals surface area contributed by atoms with Crippen molar-refractivity contribution in [2.75, 3.05) is 26.4 Å². The van der Waals surface area contributed by atoms with Gasteiger partial charge in [0, 0.05) is 18.3 Å². The largest absolute Gasteiger partial charge is 0.397 e. The minimum Gasteiger partial charge on any atom is -0.397 e. The number of aromatic nitrogens is 1.